The van der Waals surface area contributed by atoms with Crippen LogP contribution in [0.2, 0.25) is 0 Å². The summed E-state index contributed by atoms with van der Waals surface area (Å²) in [4.78, 5) is 25.4. The first-order valence-electron chi connectivity index (χ1n) is 9.79. The predicted molar refractivity (Wildman–Crippen MR) is 103 cm³/mol. The second kappa shape index (κ2) is 7.57. The van der Waals surface area contributed by atoms with Crippen LogP contribution < -0.4 is 16.0 Å². The third-order valence-corrected chi connectivity index (χ3v) is 5.47. The van der Waals surface area contributed by atoms with Gasteiger partial charge in [0.2, 0.25) is 5.91 Å². The molecule has 148 valence electrons. The third-order valence-electron chi connectivity index (χ3n) is 5.47. The zero-order valence-electron chi connectivity index (χ0n) is 15.9. The normalized spacial score (nSPS) is 17.9. The number of nitrogens with one attached hydrogen (secondary N) is 3. The largest absolute Gasteiger partial charge is 0.354 e. The molecule has 2 fully saturated rings. The van der Waals surface area contributed by atoms with Gasteiger partial charge in [-0.2, -0.15) is 4.68 Å². The molecule has 28 heavy (non-hydrogen) atoms. The molecule has 2 aliphatic rings. The van der Waals surface area contributed by atoms with E-state index < -0.39 is 5.54 Å². The van der Waals surface area contributed by atoms with E-state index in [2.05, 4.69) is 31.5 Å². The lowest BCUT2D eigenvalue weighted by Crippen LogP contribution is -2.58. The fourth-order valence-corrected chi connectivity index (χ4v) is 3.68. The predicted octanol–water partition coefficient (Wildman–Crippen LogP) is 1.93. The van der Waals surface area contributed by atoms with Crippen LogP contribution in [0.3, 0.4) is 0 Å². The van der Waals surface area contributed by atoms with E-state index in [1.54, 1.807) is 23.7 Å². The highest BCUT2D eigenvalue weighted by molar-refractivity contribution is 5.96. The number of hydrogen-bond donors (Lipinski definition) is 3. The van der Waals surface area contributed by atoms with Gasteiger partial charge in [0.05, 0.1) is 5.69 Å². The number of urea groups is 1. The number of amides is 3. The van der Waals surface area contributed by atoms with E-state index in [9.17, 15) is 9.59 Å². The summed E-state index contributed by atoms with van der Waals surface area (Å²) >= 11 is 0. The van der Waals surface area contributed by atoms with Gasteiger partial charge in [0.1, 0.15) is 5.54 Å². The number of aryl methyl sites for hydroxylation is 1. The Morgan fingerprint density at radius 3 is 2.71 bits per heavy atom. The number of nitrogens with zero attached hydrogens (tertiary/aromatic N) is 4. The van der Waals surface area contributed by atoms with Gasteiger partial charge in [0, 0.05) is 12.2 Å². The first kappa shape index (κ1) is 18.4. The Bertz CT molecular complexity index is 869. The SMILES string of the molecule is Cc1nnnn1-c1cccc(NC(=O)NC2(C(=O)NCC3CC3)CCCC2)c1. The van der Waals surface area contributed by atoms with Crippen LogP contribution >= 0.6 is 0 Å². The Morgan fingerprint density at radius 1 is 1.25 bits per heavy atom. The van der Waals surface area contributed by atoms with E-state index in [0.717, 1.165) is 18.5 Å². The monoisotopic (exact) mass is 383 g/mol. The maximum atomic E-state index is 12.8. The van der Waals surface area contributed by atoms with Crippen LogP contribution in [0.15, 0.2) is 24.3 Å². The molecular weight excluding hydrogens is 358 g/mol. The van der Waals surface area contributed by atoms with Gasteiger partial charge in [-0.25, -0.2) is 4.79 Å². The highest BCUT2D eigenvalue weighted by Gasteiger charge is 2.42. The molecule has 2 aliphatic carbocycles. The van der Waals surface area contributed by atoms with E-state index in [1.807, 2.05) is 12.1 Å². The average molecular weight is 383 g/mol. The molecular formula is C19H25N7O2. The van der Waals surface area contributed by atoms with Gasteiger partial charge in [0.25, 0.3) is 0 Å². The van der Waals surface area contributed by atoms with Crippen molar-refractivity contribution >= 4 is 17.6 Å². The minimum absolute atomic E-state index is 0.0647. The molecule has 0 bridgehead atoms. The number of tetrazole rings is 1. The minimum atomic E-state index is -0.816. The fourth-order valence-electron chi connectivity index (χ4n) is 3.68. The van der Waals surface area contributed by atoms with Crippen LogP contribution in [-0.2, 0) is 4.79 Å². The van der Waals surface area contributed by atoms with Crippen molar-refractivity contribution in [2.24, 2.45) is 5.92 Å². The van der Waals surface area contributed by atoms with Crippen LogP contribution in [0.1, 0.15) is 44.3 Å². The molecule has 9 nitrogen and oxygen atoms in total. The van der Waals surface area contributed by atoms with Gasteiger partial charge in [-0.3, -0.25) is 4.79 Å². The van der Waals surface area contributed by atoms with Crippen LogP contribution in [0, 0.1) is 12.8 Å². The maximum Gasteiger partial charge on any atom is 0.320 e. The number of benzene rings is 1. The van der Waals surface area contributed by atoms with E-state index in [-0.39, 0.29) is 11.9 Å². The lowest BCUT2D eigenvalue weighted by atomic mass is 9.96. The lowest BCUT2D eigenvalue weighted by Gasteiger charge is -2.29. The second-order valence-electron chi connectivity index (χ2n) is 7.71. The number of carbonyl (C=O) groups is 2. The Morgan fingerprint density at radius 2 is 2.04 bits per heavy atom. The summed E-state index contributed by atoms with van der Waals surface area (Å²) in [6.07, 6.45) is 5.56. The summed E-state index contributed by atoms with van der Waals surface area (Å²) in [5.74, 6) is 1.19. The van der Waals surface area contributed by atoms with Crippen molar-refractivity contribution in [2.75, 3.05) is 11.9 Å². The molecule has 3 amide bonds. The Hall–Kier alpha value is -2.97. The van der Waals surface area contributed by atoms with Crippen molar-refractivity contribution in [2.45, 2.75) is 51.0 Å². The summed E-state index contributed by atoms with van der Waals surface area (Å²) in [5, 5.41) is 20.2. The second-order valence-corrected chi connectivity index (χ2v) is 7.71. The molecule has 1 aromatic carbocycles. The summed E-state index contributed by atoms with van der Waals surface area (Å²) in [6.45, 7) is 2.51. The molecule has 3 N–H and O–H groups in total. The molecule has 1 aromatic heterocycles. The van der Waals surface area contributed by atoms with Gasteiger partial charge < -0.3 is 16.0 Å². The molecule has 2 aromatic rings. The van der Waals surface area contributed by atoms with Crippen molar-refractivity contribution < 1.29 is 9.59 Å². The number of carbonyl (C=O) groups excluding carboxylic acids is 2. The number of aromatic nitrogens is 4. The molecule has 0 saturated heterocycles. The van der Waals surface area contributed by atoms with E-state index in [0.29, 0.717) is 36.8 Å². The van der Waals surface area contributed by atoms with Gasteiger partial charge in [0.15, 0.2) is 5.82 Å². The fraction of sp³-hybridized carbons (Fsp3) is 0.526. The molecule has 9 heteroatoms. The molecule has 0 aliphatic heterocycles. The molecule has 0 radical (unpaired) electrons. The van der Waals surface area contributed by atoms with Crippen molar-refractivity contribution in [1.29, 1.82) is 0 Å². The van der Waals surface area contributed by atoms with Gasteiger partial charge in [-0.15, -0.1) is 5.10 Å². The van der Waals surface area contributed by atoms with Gasteiger partial charge >= 0.3 is 6.03 Å². The Balaban J connectivity index is 1.42. The summed E-state index contributed by atoms with van der Waals surface area (Å²) in [6, 6.07) is 6.87. The molecule has 0 spiro atoms. The van der Waals surface area contributed by atoms with Crippen LogP contribution in [0.25, 0.3) is 5.69 Å². The van der Waals surface area contributed by atoms with Crippen LogP contribution in [0.4, 0.5) is 10.5 Å². The zero-order chi connectivity index (χ0) is 19.6. The highest BCUT2D eigenvalue weighted by atomic mass is 16.2. The summed E-state index contributed by atoms with van der Waals surface area (Å²) in [7, 11) is 0. The molecule has 4 rings (SSSR count). The maximum absolute atomic E-state index is 12.8. The highest BCUT2D eigenvalue weighted by Crippen LogP contribution is 2.31. The minimum Gasteiger partial charge on any atom is -0.354 e. The third kappa shape index (κ3) is 3.97. The van der Waals surface area contributed by atoms with E-state index >= 15 is 0 Å². The Labute approximate surface area is 163 Å². The van der Waals surface area contributed by atoms with Gasteiger partial charge in [-0.1, -0.05) is 18.9 Å². The topological polar surface area (TPSA) is 114 Å². The van der Waals surface area contributed by atoms with Crippen molar-refractivity contribution in [3.05, 3.63) is 30.1 Å². The molecule has 0 atom stereocenters. The first-order chi connectivity index (χ1) is 13.6. The summed E-state index contributed by atoms with van der Waals surface area (Å²) in [5.41, 5.74) is 0.540. The molecule has 1 heterocycles. The standard InChI is InChI=1S/C19H25N7O2/c1-13-23-24-25-26(13)16-6-4-5-15(11-16)21-18(28)22-19(9-2-3-10-19)17(27)20-12-14-7-8-14/h4-6,11,14H,2-3,7-10,12H2,1H3,(H,20,27)(H2,21,22,28). The first-order valence-corrected chi connectivity index (χ1v) is 9.79. The average Bonchev–Trinajstić information content (AvgIpc) is 3.22. The van der Waals surface area contributed by atoms with E-state index in [1.165, 1.54) is 12.8 Å². The lowest BCUT2D eigenvalue weighted by molar-refractivity contribution is -0.127. The van der Waals surface area contributed by atoms with Crippen molar-refractivity contribution in [1.82, 2.24) is 30.8 Å². The van der Waals surface area contributed by atoms with Crippen LogP contribution in [0.5, 0.6) is 0 Å². The quantitative estimate of drug-likeness (QED) is 0.705. The molecule has 2 saturated carbocycles. The number of anilines is 1. The Kier molecular flexibility index (Phi) is 4.97. The van der Waals surface area contributed by atoms with E-state index in [4.69, 9.17) is 0 Å². The van der Waals surface area contributed by atoms with Crippen molar-refractivity contribution in [3.63, 3.8) is 0 Å². The number of hydrogen-bond acceptors (Lipinski definition) is 5. The van der Waals surface area contributed by atoms with Crippen molar-refractivity contribution in [3.8, 4) is 5.69 Å². The molecule has 0 unspecified atom stereocenters. The number of rotatable bonds is 6. The van der Waals surface area contributed by atoms with Crippen LogP contribution in [-0.4, -0.2) is 44.2 Å². The zero-order valence-corrected chi connectivity index (χ0v) is 15.9. The van der Waals surface area contributed by atoms with Gasteiger partial charge in [-0.05, 0) is 67.2 Å². The summed E-state index contributed by atoms with van der Waals surface area (Å²) < 4.78 is 1.59. The smallest absolute Gasteiger partial charge is 0.320 e.